The highest BCUT2D eigenvalue weighted by Gasteiger charge is 2.38. The van der Waals surface area contributed by atoms with Gasteiger partial charge in [-0.3, -0.25) is 0 Å². The van der Waals surface area contributed by atoms with Crippen LogP contribution < -0.4 is 0 Å². The van der Waals surface area contributed by atoms with Crippen molar-refractivity contribution in [3.05, 3.63) is 0 Å². The Morgan fingerprint density at radius 1 is 1.82 bits per heavy atom. The van der Waals surface area contributed by atoms with Gasteiger partial charge in [-0.1, -0.05) is 0 Å². The van der Waals surface area contributed by atoms with Crippen LogP contribution in [0.15, 0.2) is 0 Å². The topological polar surface area (TPSA) is 49.8 Å². The van der Waals surface area contributed by atoms with E-state index in [2.05, 4.69) is 0 Å². The number of aliphatic hydroxyl groups excluding tert-OH is 1. The molecule has 1 heterocycles. The molecule has 11 heavy (non-hydrogen) atoms. The van der Waals surface area contributed by atoms with Crippen molar-refractivity contribution in [1.29, 1.82) is 0 Å². The molecular formula is C7H13NO3. The highest BCUT2D eigenvalue weighted by molar-refractivity contribution is 5.70. The largest absolute Gasteiger partial charge is 0.441 e. The summed E-state index contributed by atoms with van der Waals surface area (Å²) in [4.78, 5) is 12.4. The Labute approximate surface area is 65.8 Å². The van der Waals surface area contributed by atoms with Crippen LogP contribution in [0.5, 0.6) is 0 Å². The molecule has 0 radical (unpaired) electrons. The number of cyclic esters (lactones) is 1. The lowest BCUT2D eigenvalue weighted by molar-refractivity contribution is 0.0502. The number of rotatable bonds is 2. The Morgan fingerprint density at radius 2 is 2.45 bits per heavy atom. The molecule has 1 saturated heterocycles. The first-order chi connectivity index (χ1) is 5.07. The number of carbonyl (C=O) groups excluding carboxylic acids is 1. The van der Waals surface area contributed by atoms with Gasteiger partial charge in [-0.05, 0) is 6.92 Å². The van der Waals surface area contributed by atoms with Crippen LogP contribution in [-0.4, -0.2) is 41.9 Å². The summed E-state index contributed by atoms with van der Waals surface area (Å²) < 4.78 is 5.03. The third-order valence-electron chi connectivity index (χ3n) is 1.86. The third kappa shape index (κ3) is 1.63. The molecule has 0 aromatic heterocycles. The van der Waals surface area contributed by atoms with Crippen molar-refractivity contribution >= 4 is 6.09 Å². The van der Waals surface area contributed by atoms with Crippen LogP contribution in [-0.2, 0) is 4.74 Å². The molecular weight excluding hydrogens is 146 g/mol. The van der Waals surface area contributed by atoms with Gasteiger partial charge in [0.05, 0.1) is 6.54 Å². The van der Waals surface area contributed by atoms with Crippen molar-refractivity contribution in [2.24, 2.45) is 0 Å². The lowest BCUT2D eigenvalue weighted by Gasteiger charge is -2.19. The highest BCUT2D eigenvalue weighted by Crippen LogP contribution is 2.23. The van der Waals surface area contributed by atoms with Crippen molar-refractivity contribution in [3.63, 3.8) is 0 Å². The molecule has 1 amide bonds. The van der Waals surface area contributed by atoms with Crippen LogP contribution in [0.3, 0.4) is 0 Å². The van der Waals surface area contributed by atoms with Crippen molar-refractivity contribution < 1.29 is 14.6 Å². The fourth-order valence-corrected chi connectivity index (χ4v) is 1.25. The zero-order valence-electron chi connectivity index (χ0n) is 6.83. The minimum Gasteiger partial charge on any atom is -0.441 e. The molecule has 0 aromatic carbocycles. The Bertz CT molecular complexity index is 171. The molecule has 0 bridgehead atoms. The van der Waals surface area contributed by atoms with E-state index >= 15 is 0 Å². The van der Waals surface area contributed by atoms with Crippen LogP contribution >= 0.6 is 0 Å². The average Bonchev–Trinajstić information content (AvgIpc) is 2.08. The van der Waals surface area contributed by atoms with Crippen molar-refractivity contribution in [1.82, 2.24) is 4.90 Å². The summed E-state index contributed by atoms with van der Waals surface area (Å²) in [6.07, 6.45) is 0.198. The number of ether oxygens (including phenoxy) is 1. The average molecular weight is 159 g/mol. The summed E-state index contributed by atoms with van der Waals surface area (Å²) in [6.45, 7) is 2.44. The van der Waals surface area contributed by atoms with E-state index in [1.165, 1.54) is 4.90 Å². The van der Waals surface area contributed by atoms with E-state index in [0.717, 1.165) is 0 Å². The predicted molar refractivity (Wildman–Crippen MR) is 39.2 cm³/mol. The molecule has 64 valence electrons. The lowest BCUT2D eigenvalue weighted by atomic mass is 10.0. The van der Waals surface area contributed by atoms with E-state index in [-0.39, 0.29) is 12.7 Å². The van der Waals surface area contributed by atoms with Gasteiger partial charge in [0.1, 0.15) is 5.60 Å². The molecule has 0 spiro atoms. The zero-order chi connectivity index (χ0) is 8.48. The van der Waals surface area contributed by atoms with Crippen LogP contribution in [0.1, 0.15) is 13.3 Å². The van der Waals surface area contributed by atoms with Gasteiger partial charge in [0.15, 0.2) is 0 Å². The molecule has 1 rings (SSSR count). The van der Waals surface area contributed by atoms with Gasteiger partial charge < -0.3 is 14.7 Å². The first kappa shape index (κ1) is 8.33. The normalized spacial score (nSPS) is 30.8. The van der Waals surface area contributed by atoms with Gasteiger partial charge >= 0.3 is 6.09 Å². The second-order valence-corrected chi connectivity index (χ2v) is 3.15. The summed E-state index contributed by atoms with van der Waals surface area (Å²) in [5.74, 6) is 0. The monoisotopic (exact) mass is 159 g/mol. The molecule has 0 aromatic rings. The van der Waals surface area contributed by atoms with Gasteiger partial charge in [-0.15, -0.1) is 0 Å². The van der Waals surface area contributed by atoms with Gasteiger partial charge in [0.25, 0.3) is 0 Å². The van der Waals surface area contributed by atoms with E-state index in [0.29, 0.717) is 13.0 Å². The quantitative estimate of drug-likeness (QED) is 0.626. The number of aliphatic hydroxyl groups is 1. The number of carbonyl (C=O) groups is 1. The van der Waals surface area contributed by atoms with E-state index in [9.17, 15) is 4.79 Å². The first-order valence-electron chi connectivity index (χ1n) is 3.62. The number of hydrogen-bond donors (Lipinski definition) is 1. The van der Waals surface area contributed by atoms with Crippen molar-refractivity contribution in [2.75, 3.05) is 20.2 Å². The molecule has 0 saturated carbocycles. The maximum atomic E-state index is 10.9. The lowest BCUT2D eigenvalue weighted by Crippen LogP contribution is -2.30. The summed E-state index contributed by atoms with van der Waals surface area (Å²) in [6, 6.07) is 0. The summed E-state index contributed by atoms with van der Waals surface area (Å²) >= 11 is 0. The molecule has 1 unspecified atom stereocenters. The molecule has 1 N–H and O–H groups in total. The third-order valence-corrected chi connectivity index (χ3v) is 1.86. The number of hydrogen-bond acceptors (Lipinski definition) is 3. The van der Waals surface area contributed by atoms with Gasteiger partial charge in [0, 0.05) is 20.1 Å². The van der Waals surface area contributed by atoms with Gasteiger partial charge in [-0.25, -0.2) is 4.79 Å². The highest BCUT2D eigenvalue weighted by atomic mass is 16.6. The minimum absolute atomic E-state index is 0.0532. The predicted octanol–water partition coefficient (Wildman–Crippen LogP) is 0.209. The van der Waals surface area contributed by atoms with Crippen LogP contribution in [0.25, 0.3) is 0 Å². The second kappa shape index (κ2) is 2.70. The first-order valence-corrected chi connectivity index (χ1v) is 3.62. The molecule has 4 nitrogen and oxygen atoms in total. The standard InChI is InChI=1S/C7H13NO3/c1-7(3-4-9)5-8(2)6(10)11-7/h9H,3-5H2,1-2H3. The smallest absolute Gasteiger partial charge is 0.410 e. The number of amides is 1. The van der Waals surface area contributed by atoms with E-state index in [4.69, 9.17) is 9.84 Å². The minimum atomic E-state index is -0.486. The van der Waals surface area contributed by atoms with E-state index in [1.807, 2.05) is 6.92 Å². The van der Waals surface area contributed by atoms with E-state index in [1.54, 1.807) is 7.05 Å². The number of nitrogens with zero attached hydrogens (tertiary/aromatic N) is 1. The maximum Gasteiger partial charge on any atom is 0.410 e. The number of likely N-dealkylation sites (N-methyl/N-ethyl adjacent to an activating group) is 1. The molecule has 0 aliphatic carbocycles. The summed E-state index contributed by atoms with van der Waals surface area (Å²) in [7, 11) is 1.69. The zero-order valence-corrected chi connectivity index (χ0v) is 6.83. The Hall–Kier alpha value is -0.770. The Kier molecular flexibility index (Phi) is 2.04. The second-order valence-electron chi connectivity index (χ2n) is 3.15. The Balaban J connectivity index is 2.56. The molecule has 4 heteroatoms. The summed E-state index contributed by atoms with van der Waals surface area (Å²) in [5.41, 5.74) is -0.486. The fraction of sp³-hybridized carbons (Fsp3) is 0.857. The molecule has 1 aliphatic rings. The van der Waals surface area contributed by atoms with Gasteiger partial charge in [-0.2, -0.15) is 0 Å². The van der Waals surface area contributed by atoms with Crippen molar-refractivity contribution in [2.45, 2.75) is 18.9 Å². The van der Waals surface area contributed by atoms with Gasteiger partial charge in [0.2, 0.25) is 0 Å². The van der Waals surface area contributed by atoms with Crippen LogP contribution in [0, 0.1) is 0 Å². The van der Waals surface area contributed by atoms with Crippen LogP contribution in [0.4, 0.5) is 4.79 Å². The SMILES string of the molecule is CN1CC(C)(CCO)OC1=O. The van der Waals surface area contributed by atoms with Crippen molar-refractivity contribution in [3.8, 4) is 0 Å². The molecule has 1 atom stereocenters. The molecule has 1 fully saturated rings. The fourth-order valence-electron chi connectivity index (χ4n) is 1.25. The van der Waals surface area contributed by atoms with Crippen LogP contribution in [0.2, 0.25) is 0 Å². The summed E-state index contributed by atoms with van der Waals surface area (Å²) in [5, 5.41) is 8.65. The molecule has 1 aliphatic heterocycles. The maximum absolute atomic E-state index is 10.9. The Morgan fingerprint density at radius 3 is 2.82 bits per heavy atom. The van der Waals surface area contributed by atoms with E-state index < -0.39 is 5.60 Å².